The predicted octanol–water partition coefficient (Wildman–Crippen LogP) is 1.03. The molecule has 1 unspecified atom stereocenters. The molecule has 1 fully saturated rings. The van der Waals surface area contributed by atoms with Gasteiger partial charge in [0.25, 0.3) is 5.91 Å². The lowest BCUT2D eigenvalue weighted by molar-refractivity contribution is -0.155. The van der Waals surface area contributed by atoms with Crippen LogP contribution in [0.3, 0.4) is 0 Å². The van der Waals surface area contributed by atoms with E-state index in [1.165, 1.54) is 0 Å². The summed E-state index contributed by atoms with van der Waals surface area (Å²) in [7, 11) is 3.63. The van der Waals surface area contributed by atoms with Crippen molar-refractivity contribution in [3.05, 3.63) is 29.8 Å². The van der Waals surface area contributed by atoms with Gasteiger partial charge in [-0.1, -0.05) is 12.1 Å². The van der Waals surface area contributed by atoms with E-state index < -0.39 is 5.60 Å². The second-order valence-corrected chi connectivity index (χ2v) is 5.35. The number of carbonyl (C=O) groups is 1. The lowest BCUT2D eigenvalue weighted by atomic mass is 10.0. The molecule has 0 radical (unpaired) electrons. The molecule has 1 amide bonds. The highest BCUT2D eigenvalue weighted by Crippen LogP contribution is 2.17. The Morgan fingerprint density at radius 1 is 1.45 bits per heavy atom. The molecule has 5 heteroatoms. The number of morpholine rings is 1. The summed E-state index contributed by atoms with van der Waals surface area (Å²) >= 11 is 0. The molecule has 20 heavy (non-hydrogen) atoms. The third-order valence-electron chi connectivity index (χ3n) is 3.56. The molecule has 1 aliphatic heterocycles. The number of nitrogens with one attached hydrogen (secondary N) is 1. The number of ether oxygens (including phenoxy) is 2. The third kappa shape index (κ3) is 3.49. The quantitative estimate of drug-likeness (QED) is 0.894. The van der Waals surface area contributed by atoms with Crippen LogP contribution in [0, 0.1) is 0 Å². The van der Waals surface area contributed by atoms with Crippen LogP contribution in [0.15, 0.2) is 24.3 Å². The van der Waals surface area contributed by atoms with E-state index >= 15 is 0 Å². The van der Waals surface area contributed by atoms with Crippen molar-refractivity contribution in [3.8, 4) is 5.75 Å². The smallest absolute Gasteiger partial charge is 0.253 e. The lowest BCUT2D eigenvalue weighted by Gasteiger charge is -2.37. The van der Waals surface area contributed by atoms with Crippen LogP contribution in [-0.2, 0) is 16.1 Å². The Bertz CT molecular complexity index is 461. The van der Waals surface area contributed by atoms with Crippen molar-refractivity contribution in [2.75, 3.05) is 33.9 Å². The fourth-order valence-electron chi connectivity index (χ4n) is 2.32. The van der Waals surface area contributed by atoms with Gasteiger partial charge in [-0.25, -0.2) is 0 Å². The highest BCUT2D eigenvalue weighted by atomic mass is 16.5. The maximum absolute atomic E-state index is 12.3. The Balaban J connectivity index is 1.90. The zero-order valence-corrected chi connectivity index (χ0v) is 12.3. The summed E-state index contributed by atoms with van der Waals surface area (Å²) in [5.74, 6) is 0.740. The second-order valence-electron chi connectivity index (χ2n) is 5.35. The van der Waals surface area contributed by atoms with E-state index in [-0.39, 0.29) is 5.91 Å². The van der Waals surface area contributed by atoms with Crippen molar-refractivity contribution in [2.24, 2.45) is 0 Å². The van der Waals surface area contributed by atoms with Crippen molar-refractivity contribution in [2.45, 2.75) is 19.1 Å². The van der Waals surface area contributed by atoms with E-state index in [2.05, 4.69) is 10.2 Å². The summed E-state index contributed by atoms with van der Waals surface area (Å²) in [5, 5.41) is 2.94. The topological polar surface area (TPSA) is 50.8 Å². The molecule has 1 N–H and O–H groups in total. The molecule has 1 aromatic rings. The molecule has 110 valence electrons. The summed E-state index contributed by atoms with van der Waals surface area (Å²) in [4.78, 5) is 14.4. The van der Waals surface area contributed by atoms with Gasteiger partial charge in [0.2, 0.25) is 0 Å². The van der Waals surface area contributed by atoms with Gasteiger partial charge in [0.1, 0.15) is 5.75 Å². The number of likely N-dealkylation sites (N-methyl/N-ethyl adjacent to an activating group) is 1. The number of nitrogens with zero attached hydrogens (tertiary/aromatic N) is 1. The monoisotopic (exact) mass is 278 g/mol. The Morgan fingerprint density at radius 2 is 2.15 bits per heavy atom. The lowest BCUT2D eigenvalue weighted by Crippen LogP contribution is -2.57. The molecule has 0 aliphatic carbocycles. The minimum Gasteiger partial charge on any atom is -0.497 e. The molecule has 0 spiro atoms. The second kappa shape index (κ2) is 6.24. The SMILES string of the molecule is COc1ccc(CNC(=O)C2(C)CN(C)CCO2)cc1. The fourth-order valence-corrected chi connectivity index (χ4v) is 2.32. The molecule has 0 aromatic heterocycles. The van der Waals surface area contributed by atoms with Crippen molar-refractivity contribution in [3.63, 3.8) is 0 Å². The van der Waals surface area contributed by atoms with Gasteiger partial charge in [-0.15, -0.1) is 0 Å². The van der Waals surface area contributed by atoms with Crippen LogP contribution in [0.4, 0.5) is 0 Å². The summed E-state index contributed by atoms with van der Waals surface area (Å²) in [6, 6.07) is 7.65. The Morgan fingerprint density at radius 3 is 2.75 bits per heavy atom. The van der Waals surface area contributed by atoms with Crippen LogP contribution >= 0.6 is 0 Å². The van der Waals surface area contributed by atoms with Gasteiger partial charge in [-0.2, -0.15) is 0 Å². The first-order valence-electron chi connectivity index (χ1n) is 6.77. The van der Waals surface area contributed by atoms with Crippen molar-refractivity contribution < 1.29 is 14.3 Å². The number of carbonyl (C=O) groups excluding carboxylic acids is 1. The molecule has 1 atom stereocenters. The minimum atomic E-state index is -0.764. The summed E-state index contributed by atoms with van der Waals surface area (Å²) in [6.07, 6.45) is 0. The van der Waals surface area contributed by atoms with Crippen LogP contribution in [0.5, 0.6) is 5.75 Å². The van der Waals surface area contributed by atoms with Gasteiger partial charge in [0.15, 0.2) is 5.60 Å². The molecule has 1 saturated heterocycles. The number of hydrogen-bond donors (Lipinski definition) is 1. The summed E-state index contributed by atoms with van der Waals surface area (Å²) < 4.78 is 10.8. The molecule has 5 nitrogen and oxygen atoms in total. The molecule has 0 bridgehead atoms. The van der Waals surface area contributed by atoms with Crippen molar-refractivity contribution >= 4 is 5.91 Å². The van der Waals surface area contributed by atoms with Crippen LogP contribution in [0.2, 0.25) is 0 Å². The highest BCUT2D eigenvalue weighted by Gasteiger charge is 2.37. The van der Waals surface area contributed by atoms with Gasteiger partial charge in [-0.05, 0) is 31.7 Å². The molecular formula is C15H22N2O3. The Kier molecular flexibility index (Phi) is 4.62. The maximum atomic E-state index is 12.3. The van der Waals surface area contributed by atoms with Gasteiger partial charge < -0.3 is 19.7 Å². The average Bonchev–Trinajstić information content (AvgIpc) is 2.45. The zero-order chi connectivity index (χ0) is 14.6. The molecule has 1 heterocycles. The fraction of sp³-hybridized carbons (Fsp3) is 0.533. The van der Waals surface area contributed by atoms with E-state index in [0.29, 0.717) is 19.7 Å². The number of benzene rings is 1. The number of methoxy groups -OCH3 is 1. The minimum absolute atomic E-state index is 0.0696. The van der Waals surface area contributed by atoms with Gasteiger partial charge in [0, 0.05) is 19.6 Å². The highest BCUT2D eigenvalue weighted by molar-refractivity contribution is 5.85. The van der Waals surface area contributed by atoms with E-state index in [4.69, 9.17) is 9.47 Å². The van der Waals surface area contributed by atoms with Crippen LogP contribution < -0.4 is 10.1 Å². The van der Waals surface area contributed by atoms with E-state index in [1.54, 1.807) is 7.11 Å². The van der Waals surface area contributed by atoms with Gasteiger partial charge >= 0.3 is 0 Å². The number of amides is 1. The Hall–Kier alpha value is -1.59. The zero-order valence-electron chi connectivity index (χ0n) is 12.3. The predicted molar refractivity (Wildman–Crippen MR) is 76.7 cm³/mol. The van der Waals surface area contributed by atoms with E-state index in [0.717, 1.165) is 17.9 Å². The van der Waals surface area contributed by atoms with E-state index in [1.807, 2.05) is 38.2 Å². The van der Waals surface area contributed by atoms with E-state index in [9.17, 15) is 4.79 Å². The normalized spacial score (nSPS) is 23.4. The molecule has 1 aromatic carbocycles. The summed E-state index contributed by atoms with van der Waals surface area (Å²) in [5.41, 5.74) is 0.270. The maximum Gasteiger partial charge on any atom is 0.253 e. The summed E-state index contributed by atoms with van der Waals surface area (Å²) in [6.45, 7) is 4.39. The largest absolute Gasteiger partial charge is 0.497 e. The first-order valence-corrected chi connectivity index (χ1v) is 6.77. The van der Waals surface area contributed by atoms with Gasteiger partial charge in [0.05, 0.1) is 13.7 Å². The standard InChI is InChI=1S/C15H22N2O3/c1-15(11-17(2)8-9-20-15)14(18)16-10-12-4-6-13(19-3)7-5-12/h4-7H,8-11H2,1-3H3,(H,16,18). The first kappa shape index (κ1) is 14.8. The number of hydrogen-bond acceptors (Lipinski definition) is 4. The average molecular weight is 278 g/mol. The number of rotatable bonds is 4. The molecule has 0 saturated carbocycles. The molecular weight excluding hydrogens is 256 g/mol. The van der Waals surface area contributed by atoms with Crippen molar-refractivity contribution in [1.82, 2.24) is 10.2 Å². The first-order chi connectivity index (χ1) is 9.53. The van der Waals surface area contributed by atoms with Crippen LogP contribution in [0.25, 0.3) is 0 Å². The van der Waals surface area contributed by atoms with Crippen LogP contribution in [-0.4, -0.2) is 50.3 Å². The molecule has 2 rings (SSSR count). The van der Waals surface area contributed by atoms with Crippen molar-refractivity contribution in [1.29, 1.82) is 0 Å². The van der Waals surface area contributed by atoms with Crippen LogP contribution in [0.1, 0.15) is 12.5 Å². The molecule has 1 aliphatic rings. The Labute approximate surface area is 119 Å². The van der Waals surface area contributed by atoms with Gasteiger partial charge in [-0.3, -0.25) is 4.79 Å². The third-order valence-corrected chi connectivity index (χ3v) is 3.56.